The monoisotopic (exact) mass is 490 g/mol. The summed E-state index contributed by atoms with van der Waals surface area (Å²) in [4.78, 5) is 11.8. The lowest BCUT2D eigenvalue weighted by Crippen LogP contribution is -2.51. The van der Waals surface area contributed by atoms with Crippen LogP contribution in [0.4, 0.5) is 0 Å². The molecule has 0 heterocycles. The minimum atomic E-state index is -0.261. The van der Waals surface area contributed by atoms with E-state index in [1.165, 1.54) is 51.4 Å². The molecular formula is C31H51ClO2. The van der Waals surface area contributed by atoms with Gasteiger partial charge < -0.3 is 4.74 Å². The van der Waals surface area contributed by atoms with E-state index in [1.54, 1.807) is 5.57 Å². The number of alkyl halides is 1. The Morgan fingerprint density at radius 3 is 2.53 bits per heavy atom. The van der Waals surface area contributed by atoms with E-state index in [0.717, 1.165) is 60.7 Å². The van der Waals surface area contributed by atoms with E-state index >= 15 is 0 Å². The molecule has 34 heavy (non-hydrogen) atoms. The summed E-state index contributed by atoms with van der Waals surface area (Å²) in [6.07, 6.45) is 16.8. The topological polar surface area (TPSA) is 26.3 Å². The molecule has 0 aliphatic heterocycles. The third-order valence-corrected chi connectivity index (χ3v) is 11.9. The van der Waals surface area contributed by atoms with E-state index in [9.17, 15) is 4.79 Å². The van der Waals surface area contributed by atoms with E-state index in [0.29, 0.717) is 10.8 Å². The maximum Gasteiger partial charge on any atom is 0.321 e. The van der Waals surface area contributed by atoms with Crippen LogP contribution in [0.15, 0.2) is 11.6 Å². The fourth-order valence-corrected chi connectivity index (χ4v) is 9.67. The summed E-state index contributed by atoms with van der Waals surface area (Å²) in [7, 11) is 0. The molecule has 4 aliphatic rings. The Morgan fingerprint density at radius 1 is 1.09 bits per heavy atom. The summed E-state index contributed by atoms with van der Waals surface area (Å²) in [6.45, 7) is 15.0. The normalized spacial score (nSPS) is 41.2. The summed E-state index contributed by atoms with van der Waals surface area (Å²) in [5, 5.41) is 0. The minimum absolute atomic E-state index is 0.0328. The molecule has 4 aliphatic carbocycles. The van der Waals surface area contributed by atoms with Gasteiger partial charge in [-0.3, -0.25) is 4.79 Å². The quantitative estimate of drug-likeness (QED) is 0.193. The summed E-state index contributed by atoms with van der Waals surface area (Å²) in [6, 6.07) is 0. The lowest BCUT2D eigenvalue weighted by molar-refractivity contribution is -0.148. The molecule has 9 unspecified atom stereocenters. The number of halogens is 1. The number of hydrogen-bond donors (Lipinski definition) is 0. The van der Waals surface area contributed by atoms with E-state index in [1.807, 2.05) is 0 Å². The van der Waals surface area contributed by atoms with Crippen molar-refractivity contribution in [2.45, 2.75) is 118 Å². The molecule has 0 amide bonds. The van der Waals surface area contributed by atoms with Gasteiger partial charge in [0, 0.05) is 6.42 Å². The fraction of sp³-hybridized carbons (Fsp3) is 0.903. The van der Waals surface area contributed by atoms with Crippen molar-refractivity contribution in [1.29, 1.82) is 0 Å². The van der Waals surface area contributed by atoms with Crippen molar-refractivity contribution in [2.75, 3.05) is 5.88 Å². The zero-order chi connectivity index (χ0) is 24.7. The summed E-state index contributed by atoms with van der Waals surface area (Å²) >= 11 is 5.69. The highest BCUT2D eigenvalue weighted by atomic mass is 35.5. The number of esters is 1. The van der Waals surface area contributed by atoms with E-state index in [4.69, 9.17) is 16.3 Å². The molecule has 0 saturated heterocycles. The lowest BCUT2D eigenvalue weighted by atomic mass is 9.47. The van der Waals surface area contributed by atoms with Gasteiger partial charge in [0.25, 0.3) is 0 Å². The average molecular weight is 491 g/mol. The predicted molar refractivity (Wildman–Crippen MR) is 143 cm³/mol. The molecule has 0 spiro atoms. The molecule has 0 bridgehead atoms. The molecule has 0 aromatic rings. The van der Waals surface area contributed by atoms with E-state index < -0.39 is 0 Å². The molecule has 0 N–H and O–H groups in total. The average Bonchev–Trinajstić information content (AvgIpc) is 3.16. The Balaban J connectivity index is 1.44. The second-order valence-corrected chi connectivity index (χ2v) is 13.7. The maximum atomic E-state index is 11.8. The predicted octanol–water partition coefficient (Wildman–Crippen LogP) is 8.81. The van der Waals surface area contributed by atoms with Gasteiger partial charge in [-0.25, -0.2) is 0 Å². The highest BCUT2D eigenvalue weighted by molar-refractivity contribution is 6.26. The largest absolute Gasteiger partial charge is 0.461 e. The van der Waals surface area contributed by atoms with E-state index in [-0.39, 0.29) is 18.0 Å². The third kappa shape index (κ3) is 4.76. The first kappa shape index (κ1) is 26.6. The summed E-state index contributed by atoms with van der Waals surface area (Å²) in [5.74, 6) is 5.74. The number of rotatable bonds is 8. The summed E-state index contributed by atoms with van der Waals surface area (Å²) < 4.78 is 5.65. The Morgan fingerprint density at radius 2 is 1.85 bits per heavy atom. The number of ether oxygens (including phenoxy) is 1. The van der Waals surface area contributed by atoms with Crippen LogP contribution in [0.5, 0.6) is 0 Å². The van der Waals surface area contributed by atoms with Crippen LogP contribution in [0.3, 0.4) is 0 Å². The van der Waals surface area contributed by atoms with Gasteiger partial charge in [0.2, 0.25) is 0 Å². The molecule has 9 atom stereocenters. The van der Waals surface area contributed by atoms with Gasteiger partial charge >= 0.3 is 5.97 Å². The molecule has 2 nitrogen and oxygen atoms in total. The molecule has 0 aromatic heterocycles. The molecule has 4 rings (SSSR count). The van der Waals surface area contributed by atoms with Crippen LogP contribution in [0, 0.1) is 52.3 Å². The van der Waals surface area contributed by atoms with Gasteiger partial charge in [-0.1, -0.05) is 66.0 Å². The van der Waals surface area contributed by atoms with Crippen LogP contribution in [-0.4, -0.2) is 18.0 Å². The molecule has 194 valence electrons. The Kier molecular flexibility index (Phi) is 8.18. The van der Waals surface area contributed by atoms with Crippen molar-refractivity contribution in [1.82, 2.24) is 0 Å². The van der Waals surface area contributed by atoms with Gasteiger partial charge in [0.1, 0.15) is 12.0 Å². The Labute approximate surface area is 215 Å². The summed E-state index contributed by atoms with van der Waals surface area (Å²) in [5.41, 5.74) is 2.43. The standard InChI is InChI=1S/C31H51ClO2/c1-7-22(20(2)3)9-8-21(4)26-12-13-27-25-11-10-23-18-24(34-29(33)19-32)14-16-30(23,5)28(25)15-17-31(26,27)6/h10,20-22,24-28H,7-9,11-19H2,1-6H3. The van der Waals surface area contributed by atoms with Gasteiger partial charge in [-0.2, -0.15) is 0 Å². The molecule has 3 heteroatoms. The molecule has 0 radical (unpaired) electrons. The van der Waals surface area contributed by atoms with Crippen LogP contribution < -0.4 is 0 Å². The van der Waals surface area contributed by atoms with Crippen molar-refractivity contribution in [3.05, 3.63) is 11.6 Å². The second kappa shape index (κ2) is 10.5. The van der Waals surface area contributed by atoms with Crippen LogP contribution in [0.1, 0.15) is 112 Å². The van der Waals surface area contributed by atoms with Crippen molar-refractivity contribution in [2.24, 2.45) is 52.3 Å². The molecule has 3 fully saturated rings. The maximum absolute atomic E-state index is 11.8. The number of fused-ring (bicyclic) bond motifs is 5. The first-order chi connectivity index (χ1) is 16.1. The van der Waals surface area contributed by atoms with Crippen LogP contribution in [0.2, 0.25) is 0 Å². The van der Waals surface area contributed by atoms with Crippen LogP contribution in [0.25, 0.3) is 0 Å². The van der Waals surface area contributed by atoms with Crippen LogP contribution in [-0.2, 0) is 9.53 Å². The molecule has 3 saturated carbocycles. The number of carbonyl (C=O) groups is 1. The lowest BCUT2D eigenvalue weighted by Gasteiger charge is -2.58. The Hall–Kier alpha value is -0.500. The van der Waals surface area contributed by atoms with Crippen molar-refractivity contribution in [3.63, 3.8) is 0 Å². The number of hydrogen-bond acceptors (Lipinski definition) is 2. The first-order valence-electron chi connectivity index (χ1n) is 14.6. The highest BCUT2D eigenvalue weighted by Gasteiger charge is 2.59. The SMILES string of the molecule is CCC(CCC(C)C1CCC2C3CC=C4CC(OC(=O)CCl)CCC4(C)C3CCC12C)C(C)C. The zero-order valence-electron chi connectivity index (χ0n) is 22.9. The first-order valence-corrected chi connectivity index (χ1v) is 15.1. The van der Waals surface area contributed by atoms with Crippen molar-refractivity contribution >= 4 is 17.6 Å². The highest BCUT2D eigenvalue weighted by Crippen LogP contribution is 2.67. The molecule has 0 aromatic carbocycles. The minimum Gasteiger partial charge on any atom is -0.461 e. The van der Waals surface area contributed by atoms with Crippen molar-refractivity contribution in [3.8, 4) is 0 Å². The van der Waals surface area contributed by atoms with Gasteiger partial charge in [0.05, 0.1) is 0 Å². The Bertz CT molecular complexity index is 759. The van der Waals surface area contributed by atoms with Crippen LogP contribution >= 0.6 is 11.6 Å². The van der Waals surface area contributed by atoms with Gasteiger partial charge in [-0.15, -0.1) is 11.6 Å². The fourth-order valence-electron chi connectivity index (χ4n) is 9.61. The smallest absolute Gasteiger partial charge is 0.321 e. The number of carbonyl (C=O) groups excluding carboxylic acids is 1. The van der Waals surface area contributed by atoms with E-state index in [2.05, 4.69) is 47.6 Å². The van der Waals surface area contributed by atoms with Gasteiger partial charge in [-0.05, 0) is 104 Å². The second-order valence-electron chi connectivity index (χ2n) is 13.4. The molecular weight excluding hydrogens is 440 g/mol. The van der Waals surface area contributed by atoms with Gasteiger partial charge in [0.15, 0.2) is 0 Å². The third-order valence-electron chi connectivity index (χ3n) is 11.7. The number of allylic oxidation sites excluding steroid dienone is 1. The van der Waals surface area contributed by atoms with Crippen molar-refractivity contribution < 1.29 is 9.53 Å². The zero-order valence-corrected chi connectivity index (χ0v) is 23.6.